The van der Waals surface area contributed by atoms with Crippen molar-refractivity contribution in [2.24, 2.45) is 26.6 Å². The van der Waals surface area contributed by atoms with Gasteiger partial charge in [0.2, 0.25) is 11.1 Å². The van der Waals surface area contributed by atoms with Crippen LogP contribution >= 0.6 is 23.1 Å². The van der Waals surface area contributed by atoms with Crippen LogP contribution in [-0.2, 0) is 16.0 Å². The summed E-state index contributed by atoms with van der Waals surface area (Å²) in [6, 6.07) is 0. The van der Waals surface area contributed by atoms with E-state index in [0.717, 1.165) is 10.1 Å². The molecule has 7 N–H and O–H groups in total. The maximum Gasteiger partial charge on any atom is 0.340 e. The molecule has 0 atom stereocenters. The molecule has 0 spiro atoms. The molecule has 0 aliphatic carbocycles. The standard InChI is InChI=1S/C10H19N9O2S3/c1-18-6-19(24(20,21)17-9(18)13)14-2-3-22-4-7-5-23-10(15-7)16-8(11)12/h5,14H,2-4,6H2,1H3,(H2,13,17)(H4,11,12,15,16). The fraction of sp³-hybridized carbons (Fsp3) is 0.500. The molecule has 1 aromatic heterocycles. The highest BCUT2D eigenvalue weighted by Gasteiger charge is 2.28. The predicted octanol–water partition coefficient (Wildman–Crippen LogP) is -1.45. The Morgan fingerprint density at radius 2 is 2.29 bits per heavy atom. The zero-order valence-corrected chi connectivity index (χ0v) is 15.4. The molecule has 24 heavy (non-hydrogen) atoms. The van der Waals surface area contributed by atoms with E-state index in [1.54, 1.807) is 18.8 Å². The van der Waals surface area contributed by atoms with Gasteiger partial charge in [0.1, 0.15) is 6.67 Å². The second-order valence-corrected chi connectivity index (χ2v) is 8.19. The zero-order valence-electron chi connectivity index (χ0n) is 12.9. The van der Waals surface area contributed by atoms with Gasteiger partial charge < -0.3 is 22.1 Å². The molecule has 0 fully saturated rings. The van der Waals surface area contributed by atoms with Crippen LogP contribution in [0, 0.1) is 0 Å². The van der Waals surface area contributed by atoms with Crippen LogP contribution < -0.4 is 22.6 Å². The van der Waals surface area contributed by atoms with Crippen molar-refractivity contribution in [1.82, 2.24) is 19.7 Å². The third kappa shape index (κ3) is 5.20. The maximum atomic E-state index is 11.8. The topological polar surface area (TPSA) is 168 Å². The minimum Gasteiger partial charge on any atom is -0.370 e. The third-order valence-corrected chi connectivity index (χ3v) is 5.76. The van der Waals surface area contributed by atoms with Gasteiger partial charge in [-0.2, -0.15) is 25.2 Å². The summed E-state index contributed by atoms with van der Waals surface area (Å²) in [5.74, 6) is 1.31. The van der Waals surface area contributed by atoms with Crippen LogP contribution in [0.1, 0.15) is 5.69 Å². The summed E-state index contributed by atoms with van der Waals surface area (Å²) in [5, 5.41) is 2.39. The number of hydrogen-bond donors (Lipinski definition) is 4. The summed E-state index contributed by atoms with van der Waals surface area (Å²) in [4.78, 5) is 9.67. The van der Waals surface area contributed by atoms with Crippen LogP contribution in [0.2, 0.25) is 0 Å². The lowest BCUT2D eigenvalue weighted by molar-refractivity contribution is 0.239. The molecule has 14 heteroatoms. The summed E-state index contributed by atoms with van der Waals surface area (Å²) in [5.41, 5.74) is 19.8. The van der Waals surface area contributed by atoms with Gasteiger partial charge in [0.15, 0.2) is 5.96 Å². The lowest BCUT2D eigenvalue weighted by atomic mass is 10.6. The Morgan fingerprint density at radius 1 is 1.54 bits per heavy atom. The molecule has 0 unspecified atom stereocenters. The second kappa shape index (κ2) is 7.98. The minimum absolute atomic E-state index is 0.0243. The van der Waals surface area contributed by atoms with E-state index >= 15 is 0 Å². The largest absolute Gasteiger partial charge is 0.370 e. The van der Waals surface area contributed by atoms with Crippen molar-refractivity contribution in [3.8, 4) is 0 Å². The molecule has 134 valence electrons. The molecule has 0 bridgehead atoms. The molecule has 0 saturated heterocycles. The number of guanidine groups is 2. The van der Waals surface area contributed by atoms with Crippen molar-refractivity contribution >= 4 is 50.4 Å². The molecule has 1 aromatic rings. The highest BCUT2D eigenvalue weighted by Crippen LogP contribution is 2.21. The van der Waals surface area contributed by atoms with Gasteiger partial charge >= 0.3 is 10.2 Å². The lowest BCUT2D eigenvalue weighted by Crippen LogP contribution is -2.55. The molecule has 0 radical (unpaired) electrons. The van der Waals surface area contributed by atoms with E-state index in [2.05, 4.69) is 19.8 Å². The molecule has 0 amide bonds. The fourth-order valence-corrected chi connectivity index (χ4v) is 4.25. The Labute approximate surface area is 148 Å². The Kier molecular flexibility index (Phi) is 6.22. The van der Waals surface area contributed by atoms with Crippen LogP contribution in [0.5, 0.6) is 0 Å². The predicted molar refractivity (Wildman–Crippen MR) is 96.8 cm³/mol. The average molecular weight is 394 g/mol. The second-order valence-electron chi connectivity index (χ2n) is 4.73. The third-order valence-electron chi connectivity index (χ3n) is 2.77. The summed E-state index contributed by atoms with van der Waals surface area (Å²) in [6.45, 7) is 0.564. The number of hydrogen-bond acceptors (Lipinski definition) is 9. The summed E-state index contributed by atoms with van der Waals surface area (Å²) in [6.07, 6.45) is 0. The van der Waals surface area contributed by atoms with Gasteiger partial charge in [-0.25, -0.2) is 10.4 Å². The van der Waals surface area contributed by atoms with E-state index < -0.39 is 10.2 Å². The van der Waals surface area contributed by atoms with Gasteiger partial charge in [-0.1, -0.05) is 4.41 Å². The molecular formula is C10H19N9O2S3. The first-order valence-electron chi connectivity index (χ1n) is 6.72. The quantitative estimate of drug-likeness (QED) is 0.246. The number of aliphatic imine (C=N–C) groups is 1. The van der Waals surface area contributed by atoms with Gasteiger partial charge in [0.25, 0.3) is 0 Å². The Hall–Kier alpha value is -1.61. The zero-order chi connectivity index (χ0) is 17.7. The molecule has 0 saturated carbocycles. The maximum absolute atomic E-state index is 11.8. The van der Waals surface area contributed by atoms with E-state index in [1.807, 2.05) is 5.38 Å². The van der Waals surface area contributed by atoms with Gasteiger partial charge in [0, 0.05) is 30.5 Å². The number of nitrogens with two attached hydrogens (primary N) is 3. The van der Waals surface area contributed by atoms with Crippen molar-refractivity contribution in [1.29, 1.82) is 0 Å². The number of nitrogens with one attached hydrogen (secondary N) is 1. The van der Waals surface area contributed by atoms with E-state index in [9.17, 15) is 8.42 Å². The molecule has 2 rings (SSSR count). The summed E-state index contributed by atoms with van der Waals surface area (Å²) < 4.78 is 28.2. The van der Waals surface area contributed by atoms with E-state index in [0.29, 0.717) is 23.2 Å². The van der Waals surface area contributed by atoms with Crippen LogP contribution in [0.3, 0.4) is 0 Å². The number of nitrogens with zero attached hydrogens (tertiary/aromatic N) is 5. The first-order valence-corrected chi connectivity index (χ1v) is 10.2. The van der Waals surface area contributed by atoms with Crippen LogP contribution in [0.15, 0.2) is 14.8 Å². The van der Waals surface area contributed by atoms with Crippen LogP contribution in [0.25, 0.3) is 0 Å². The number of thioether (sulfide) groups is 1. The number of aromatic nitrogens is 1. The molecule has 0 aromatic carbocycles. The Morgan fingerprint density at radius 3 is 3.00 bits per heavy atom. The highest BCUT2D eigenvalue weighted by molar-refractivity contribution is 7.98. The van der Waals surface area contributed by atoms with Gasteiger partial charge in [0.05, 0.1) is 5.69 Å². The van der Waals surface area contributed by atoms with E-state index in [-0.39, 0.29) is 18.6 Å². The lowest BCUT2D eigenvalue weighted by Gasteiger charge is -2.30. The first-order chi connectivity index (χ1) is 11.3. The highest BCUT2D eigenvalue weighted by atomic mass is 32.2. The van der Waals surface area contributed by atoms with Crippen molar-refractivity contribution in [2.75, 3.05) is 26.0 Å². The smallest absolute Gasteiger partial charge is 0.340 e. The molecule has 1 aliphatic heterocycles. The molecule has 1 aliphatic rings. The SMILES string of the molecule is CN1CN(NCCSCc2csc(N=C(N)N)n2)S(=O)(=O)N=C1N. The number of rotatable bonds is 7. The van der Waals surface area contributed by atoms with Crippen molar-refractivity contribution in [3.63, 3.8) is 0 Å². The van der Waals surface area contributed by atoms with Gasteiger partial charge in [-0.15, -0.1) is 15.7 Å². The van der Waals surface area contributed by atoms with Gasteiger partial charge in [-0.3, -0.25) is 0 Å². The average Bonchev–Trinajstić information content (AvgIpc) is 2.90. The number of thiazole rings is 1. The van der Waals surface area contributed by atoms with E-state index in [1.165, 1.54) is 16.2 Å². The van der Waals surface area contributed by atoms with Crippen LogP contribution in [-0.4, -0.2) is 60.6 Å². The summed E-state index contributed by atoms with van der Waals surface area (Å²) in [7, 11) is -2.11. The fourth-order valence-electron chi connectivity index (χ4n) is 1.65. The van der Waals surface area contributed by atoms with Crippen molar-refractivity contribution in [3.05, 3.63) is 11.1 Å². The Bertz CT molecular complexity index is 726. The normalized spacial score (nSPS) is 17.5. The number of hydrazine groups is 1. The first kappa shape index (κ1) is 18.7. The molecular weight excluding hydrogens is 374 g/mol. The van der Waals surface area contributed by atoms with Crippen molar-refractivity contribution in [2.45, 2.75) is 5.75 Å². The Balaban J connectivity index is 1.74. The minimum atomic E-state index is -3.77. The van der Waals surface area contributed by atoms with E-state index in [4.69, 9.17) is 17.2 Å². The van der Waals surface area contributed by atoms with Gasteiger partial charge in [-0.05, 0) is 0 Å². The molecule has 11 nitrogen and oxygen atoms in total. The van der Waals surface area contributed by atoms with Crippen LogP contribution in [0.4, 0.5) is 5.13 Å². The summed E-state index contributed by atoms with van der Waals surface area (Å²) >= 11 is 2.96. The van der Waals surface area contributed by atoms with Crippen molar-refractivity contribution < 1.29 is 8.42 Å². The molecule has 2 heterocycles. The monoisotopic (exact) mass is 393 g/mol.